The zero-order valence-electron chi connectivity index (χ0n) is 18.3. The summed E-state index contributed by atoms with van der Waals surface area (Å²) < 4.78 is 0. The number of hydrogen-bond acceptors (Lipinski definition) is 4. The van der Waals surface area contributed by atoms with E-state index in [4.69, 9.17) is 34.8 Å². The quantitative estimate of drug-likeness (QED) is 0.277. The van der Waals surface area contributed by atoms with Gasteiger partial charge in [0.25, 0.3) is 17.7 Å². The van der Waals surface area contributed by atoms with Crippen molar-refractivity contribution in [1.29, 1.82) is 0 Å². The number of Topliss-reactive ketones (excluding diaryl/α,β-unsaturated/α-hetero) is 1. The Hall–Kier alpha value is -2.41. The first kappa shape index (κ1) is 24.7. The van der Waals surface area contributed by atoms with E-state index >= 15 is 0 Å². The Morgan fingerprint density at radius 3 is 1.79 bits per heavy atom. The van der Waals surface area contributed by atoms with Crippen molar-refractivity contribution in [2.24, 2.45) is 11.8 Å². The fourth-order valence-electron chi connectivity index (χ4n) is 4.73. The number of hydrazine groups is 1. The van der Waals surface area contributed by atoms with Gasteiger partial charge in [-0.3, -0.25) is 19.2 Å². The van der Waals surface area contributed by atoms with E-state index in [2.05, 4.69) is 0 Å². The summed E-state index contributed by atoms with van der Waals surface area (Å²) in [6, 6.07) is 11.2. The van der Waals surface area contributed by atoms with Gasteiger partial charge in [0.05, 0.1) is 11.8 Å². The molecule has 2 aromatic rings. The predicted octanol–water partition coefficient (Wildman–Crippen LogP) is 5.41. The highest BCUT2D eigenvalue weighted by atomic mass is 35.5. The minimum Gasteiger partial charge on any atom is -0.292 e. The number of halogens is 3. The minimum absolute atomic E-state index is 0.0392. The average molecular weight is 522 g/mol. The van der Waals surface area contributed by atoms with Gasteiger partial charge in [-0.05, 0) is 67.8 Å². The SMILES string of the molecule is O=C(c1ccc(Cl)cc1)[C@@H](CCCl)N(C(=O)c1ccc(Cl)cc1)N1C(=O)[C@H]2CCCC[C@H]2C1=O. The molecule has 6 nitrogen and oxygen atoms in total. The number of imide groups is 1. The number of benzene rings is 2. The van der Waals surface area contributed by atoms with Crippen molar-refractivity contribution < 1.29 is 19.2 Å². The molecule has 1 saturated carbocycles. The summed E-state index contributed by atoms with van der Waals surface area (Å²) in [4.78, 5) is 54.2. The van der Waals surface area contributed by atoms with Crippen LogP contribution in [0.15, 0.2) is 48.5 Å². The molecule has 1 heterocycles. The molecule has 0 unspecified atom stereocenters. The van der Waals surface area contributed by atoms with Crippen molar-refractivity contribution in [3.05, 3.63) is 69.7 Å². The van der Waals surface area contributed by atoms with E-state index in [0.717, 1.165) is 22.9 Å². The van der Waals surface area contributed by atoms with Gasteiger partial charge < -0.3 is 0 Å². The number of ketones is 1. The van der Waals surface area contributed by atoms with Crippen molar-refractivity contribution in [2.75, 3.05) is 5.88 Å². The van der Waals surface area contributed by atoms with E-state index in [0.29, 0.717) is 28.5 Å². The highest BCUT2D eigenvalue weighted by molar-refractivity contribution is 6.31. The van der Waals surface area contributed by atoms with Gasteiger partial charge in [-0.2, -0.15) is 5.01 Å². The number of rotatable bonds is 7. The molecule has 4 rings (SSSR count). The Morgan fingerprint density at radius 2 is 1.32 bits per heavy atom. The Bertz CT molecular complexity index is 1080. The largest absolute Gasteiger partial charge is 0.292 e. The van der Waals surface area contributed by atoms with Crippen LogP contribution in [0, 0.1) is 11.8 Å². The van der Waals surface area contributed by atoms with Gasteiger partial charge in [-0.1, -0.05) is 36.0 Å². The molecule has 2 aliphatic rings. The molecule has 178 valence electrons. The van der Waals surface area contributed by atoms with Crippen molar-refractivity contribution in [1.82, 2.24) is 10.0 Å². The second-order valence-electron chi connectivity index (χ2n) is 8.51. The lowest BCUT2D eigenvalue weighted by atomic mass is 9.81. The molecule has 0 spiro atoms. The fraction of sp³-hybridized carbons (Fsp3) is 0.360. The third kappa shape index (κ3) is 4.72. The van der Waals surface area contributed by atoms with Crippen LogP contribution in [0.2, 0.25) is 10.0 Å². The highest BCUT2D eigenvalue weighted by Crippen LogP contribution is 2.40. The van der Waals surface area contributed by atoms with E-state index in [9.17, 15) is 19.2 Å². The topological polar surface area (TPSA) is 74.8 Å². The molecule has 34 heavy (non-hydrogen) atoms. The number of nitrogens with zero attached hydrogens (tertiary/aromatic N) is 2. The van der Waals surface area contributed by atoms with Gasteiger partial charge in [0, 0.05) is 27.1 Å². The summed E-state index contributed by atoms with van der Waals surface area (Å²) in [6.07, 6.45) is 2.90. The molecule has 1 aliphatic heterocycles. The maximum atomic E-state index is 13.8. The van der Waals surface area contributed by atoms with E-state index in [-0.39, 0.29) is 17.9 Å². The molecular weight excluding hydrogens is 499 g/mol. The molecule has 3 atom stereocenters. The lowest BCUT2D eigenvalue weighted by Crippen LogP contribution is -2.57. The molecule has 0 bridgehead atoms. The Balaban J connectivity index is 1.80. The summed E-state index contributed by atoms with van der Waals surface area (Å²) >= 11 is 18.0. The van der Waals surface area contributed by atoms with Crippen LogP contribution in [0.5, 0.6) is 0 Å². The van der Waals surface area contributed by atoms with Crippen molar-refractivity contribution in [2.45, 2.75) is 38.1 Å². The first-order valence-corrected chi connectivity index (χ1v) is 12.4. The second kappa shape index (κ2) is 10.5. The summed E-state index contributed by atoms with van der Waals surface area (Å²) in [7, 11) is 0. The van der Waals surface area contributed by atoms with Gasteiger partial charge >= 0.3 is 0 Å². The molecule has 0 N–H and O–H groups in total. The van der Waals surface area contributed by atoms with Crippen LogP contribution in [0.1, 0.15) is 52.8 Å². The van der Waals surface area contributed by atoms with Crippen LogP contribution in [0.25, 0.3) is 0 Å². The highest BCUT2D eigenvalue weighted by Gasteiger charge is 2.53. The van der Waals surface area contributed by atoms with Gasteiger partial charge in [0.1, 0.15) is 6.04 Å². The first-order chi connectivity index (χ1) is 16.3. The third-order valence-electron chi connectivity index (χ3n) is 6.44. The summed E-state index contributed by atoms with van der Waals surface area (Å²) in [6.45, 7) is 0. The lowest BCUT2D eigenvalue weighted by molar-refractivity contribution is -0.156. The molecular formula is C25H23Cl3N2O4. The number of alkyl halides is 1. The van der Waals surface area contributed by atoms with Gasteiger partial charge in [0.2, 0.25) is 0 Å². The summed E-state index contributed by atoms with van der Waals surface area (Å²) in [5.41, 5.74) is 0.494. The van der Waals surface area contributed by atoms with E-state index < -0.39 is 41.4 Å². The zero-order valence-corrected chi connectivity index (χ0v) is 20.5. The lowest BCUT2D eigenvalue weighted by Gasteiger charge is -2.36. The smallest absolute Gasteiger partial charge is 0.273 e. The Kier molecular flexibility index (Phi) is 7.60. The van der Waals surface area contributed by atoms with Crippen LogP contribution in [-0.2, 0) is 9.59 Å². The van der Waals surface area contributed by atoms with Crippen LogP contribution < -0.4 is 0 Å². The number of amides is 3. The third-order valence-corrected chi connectivity index (χ3v) is 7.16. The predicted molar refractivity (Wildman–Crippen MR) is 130 cm³/mol. The monoisotopic (exact) mass is 520 g/mol. The van der Waals surface area contributed by atoms with Crippen molar-refractivity contribution >= 4 is 58.3 Å². The minimum atomic E-state index is -1.16. The Morgan fingerprint density at radius 1 is 0.853 bits per heavy atom. The van der Waals surface area contributed by atoms with E-state index in [1.165, 1.54) is 24.3 Å². The standard InChI is InChI=1S/C25H23Cl3N2O4/c26-14-13-21(22(31)15-5-9-17(27)10-6-15)29(23(32)16-7-11-18(28)12-8-16)30-24(33)19-3-1-2-4-20(19)25(30)34/h5-12,19-21H,1-4,13-14H2/t19-,20+,21-/m1/s1. The average Bonchev–Trinajstić information content (AvgIpc) is 3.09. The number of fused-ring (bicyclic) bond motifs is 1. The number of carbonyl (C=O) groups excluding carboxylic acids is 4. The molecule has 0 aromatic heterocycles. The summed E-state index contributed by atoms with van der Waals surface area (Å²) in [5.74, 6) is -2.89. The van der Waals surface area contributed by atoms with E-state index in [1.54, 1.807) is 24.3 Å². The van der Waals surface area contributed by atoms with Gasteiger partial charge in [-0.25, -0.2) is 5.01 Å². The maximum Gasteiger partial charge on any atom is 0.273 e. The molecule has 0 radical (unpaired) electrons. The van der Waals surface area contributed by atoms with Crippen molar-refractivity contribution in [3.8, 4) is 0 Å². The van der Waals surface area contributed by atoms with Crippen LogP contribution >= 0.6 is 34.8 Å². The second-order valence-corrected chi connectivity index (χ2v) is 9.76. The van der Waals surface area contributed by atoms with Crippen LogP contribution in [0.4, 0.5) is 0 Å². The summed E-state index contributed by atoms with van der Waals surface area (Å²) in [5, 5.41) is 2.80. The van der Waals surface area contributed by atoms with Gasteiger partial charge in [-0.15, -0.1) is 11.6 Å². The number of hydrogen-bond donors (Lipinski definition) is 0. The zero-order chi connectivity index (χ0) is 24.4. The molecule has 1 aliphatic carbocycles. The Labute approximate surface area is 212 Å². The maximum absolute atomic E-state index is 13.8. The normalized spacial score (nSPS) is 20.7. The number of carbonyl (C=O) groups is 4. The molecule has 2 fully saturated rings. The van der Waals surface area contributed by atoms with E-state index in [1.807, 2.05) is 0 Å². The van der Waals surface area contributed by atoms with Crippen LogP contribution in [0.3, 0.4) is 0 Å². The van der Waals surface area contributed by atoms with Crippen molar-refractivity contribution in [3.63, 3.8) is 0 Å². The fourth-order valence-corrected chi connectivity index (χ4v) is 5.19. The molecule has 1 saturated heterocycles. The first-order valence-electron chi connectivity index (χ1n) is 11.2. The van der Waals surface area contributed by atoms with Crippen LogP contribution in [-0.4, -0.2) is 45.4 Å². The molecule has 2 aromatic carbocycles. The molecule has 3 amide bonds. The van der Waals surface area contributed by atoms with Gasteiger partial charge in [0.15, 0.2) is 5.78 Å². The molecule has 9 heteroatoms.